The first-order valence-corrected chi connectivity index (χ1v) is 4.88. The van der Waals surface area contributed by atoms with E-state index in [-0.39, 0.29) is 0 Å². The van der Waals surface area contributed by atoms with Crippen molar-refractivity contribution in [3.8, 4) is 0 Å². The minimum Gasteiger partial charge on any atom is -0.369 e. The third kappa shape index (κ3) is 1.20. The molecule has 2 atom stereocenters. The summed E-state index contributed by atoms with van der Waals surface area (Å²) in [5.74, 6) is 1.68. The Morgan fingerprint density at radius 3 is 2.55 bits per heavy atom. The summed E-state index contributed by atoms with van der Waals surface area (Å²) in [6.07, 6.45) is 5.55. The van der Waals surface area contributed by atoms with Crippen LogP contribution in [0.2, 0.25) is 0 Å². The van der Waals surface area contributed by atoms with Gasteiger partial charge in [0.15, 0.2) is 0 Å². The molecule has 1 nitrogen and oxygen atoms in total. The summed E-state index contributed by atoms with van der Waals surface area (Å²) in [5, 5.41) is 0. The van der Waals surface area contributed by atoms with E-state index in [4.69, 9.17) is 4.74 Å². The molecule has 11 heavy (non-hydrogen) atoms. The SMILES string of the molecule is CC(C)C1CCCCC12CO2. The molecular formula is C10H18O. The fraction of sp³-hybridized carbons (Fsp3) is 1.00. The highest BCUT2D eigenvalue weighted by atomic mass is 16.6. The molecule has 0 bridgehead atoms. The lowest BCUT2D eigenvalue weighted by molar-refractivity contribution is 0.122. The van der Waals surface area contributed by atoms with E-state index in [2.05, 4.69) is 13.8 Å². The number of hydrogen-bond acceptors (Lipinski definition) is 1. The van der Waals surface area contributed by atoms with Crippen molar-refractivity contribution >= 4 is 0 Å². The predicted molar refractivity (Wildman–Crippen MR) is 45.5 cm³/mol. The summed E-state index contributed by atoms with van der Waals surface area (Å²) in [4.78, 5) is 0. The Balaban J connectivity index is 2.04. The van der Waals surface area contributed by atoms with Gasteiger partial charge in [0.25, 0.3) is 0 Å². The highest BCUT2D eigenvalue weighted by Gasteiger charge is 2.52. The number of hydrogen-bond donors (Lipinski definition) is 0. The monoisotopic (exact) mass is 154 g/mol. The van der Waals surface area contributed by atoms with Gasteiger partial charge in [-0.25, -0.2) is 0 Å². The summed E-state index contributed by atoms with van der Waals surface area (Å²) in [7, 11) is 0. The third-order valence-corrected chi connectivity index (χ3v) is 3.36. The molecule has 2 aliphatic rings. The molecule has 1 spiro atoms. The molecule has 0 aromatic heterocycles. The normalized spacial score (nSPS) is 43.4. The molecule has 2 unspecified atom stereocenters. The van der Waals surface area contributed by atoms with Crippen LogP contribution in [0.15, 0.2) is 0 Å². The third-order valence-electron chi connectivity index (χ3n) is 3.36. The van der Waals surface area contributed by atoms with E-state index in [1.54, 1.807) is 0 Å². The van der Waals surface area contributed by atoms with Gasteiger partial charge in [0, 0.05) is 0 Å². The van der Waals surface area contributed by atoms with Crippen LogP contribution in [0, 0.1) is 11.8 Å². The lowest BCUT2D eigenvalue weighted by Crippen LogP contribution is -2.32. The summed E-state index contributed by atoms with van der Waals surface area (Å²) >= 11 is 0. The smallest absolute Gasteiger partial charge is 0.0946 e. The Labute approximate surface area is 69.1 Å². The molecule has 1 aliphatic heterocycles. The first-order valence-electron chi connectivity index (χ1n) is 4.88. The maximum absolute atomic E-state index is 5.61. The largest absolute Gasteiger partial charge is 0.369 e. The fourth-order valence-corrected chi connectivity index (χ4v) is 2.63. The fourth-order valence-electron chi connectivity index (χ4n) is 2.63. The maximum atomic E-state index is 5.61. The second kappa shape index (κ2) is 2.48. The minimum atomic E-state index is 0.367. The molecule has 0 amide bonds. The quantitative estimate of drug-likeness (QED) is 0.529. The number of ether oxygens (including phenoxy) is 1. The van der Waals surface area contributed by atoms with Crippen LogP contribution in [0.5, 0.6) is 0 Å². The van der Waals surface area contributed by atoms with Crippen molar-refractivity contribution in [3.05, 3.63) is 0 Å². The molecule has 1 heterocycles. The lowest BCUT2D eigenvalue weighted by Gasteiger charge is -2.31. The second-order valence-corrected chi connectivity index (χ2v) is 4.45. The number of rotatable bonds is 1. The summed E-state index contributed by atoms with van der Waals surface area (Å²) < 4.78 is 5.61. The highest BCUT2D eigenvalue weighted by Crippen LogP contribution is 2.48. The van der Waals surface area contributed by atoms with Gasteiger partial charge in [0.05, 0.1) is 12.2 Å². The van der Waals surface area contributed by atoms with Crippen molar-refractivity contribution in [2.24, 2.45) is 11.8 Å². The van der Waals surface area contributed by atoms with Gasteiger partial charge in [-0.1, -0.05) is 26.7 Å². The van der Waals surface area contributed by atoms with Gasteiger partial charge in [-0.2, -0.15) is 0 Å². The average Bonchev–Trinajstić information content (AvgIpc) is 2.70. The summed E-state index contributed by atoms with van der Waals surface area (Å²) in [6.45, 7) is 5.72. The molecule has 0 radical (unpaired) electrons. The van der Waals surface area contributed by atoms with E-state index < -0.39 is 0 Å². The molecule has 1 heteroatoms. The van der Waals surface area contributed by atoms with E-state index >= 15 is 0 Å². The van der Waals surface area contributed by atoms with Gasteiger partial charge in [-0.15, -0.1) is 0 Å². The highest BCUT2D eigenvalue weighted by molar-refractivity contribution is 5.01. The van der Waals surface area contributed by atoms with E-state index in [9.17, 15) is 0 Å². The zero-order chi connectivity index (χ0) is 7.90. The van der Waals surface area contributed by atoms with E-state index in [1.165, 1.54) is 25.7 Å². The van der Waals surface area contributed by atoms with E-state index in [1.807, 2.05) is 0 Å². The lowest BCUT2D eigenvalue weighted by atomic mass is 9.73. The van der Waals surface area contributed by atoms with Gasteiger partial charge in [0.2, 0.25) is 0 Å². The van der Waals surface area contributed by atoms with E-state index in [0.29, 0.717) is 5.60 Å². The Bertz CT molecular complexity index is 147. The molecule has 1 saturated heterocycles. The van der Waals surface area contributed by atoms with Gasteiger partial charge >= 0.3 is 0 Å². The first kappa shape index (κ1) is 7.60. The molecule has 2 rings (SSSR count). The standard InChI is InChI=1S/C10H18O/c1-8(2)9-5-3-4-6-10(9)7-11-10/h8-9H,3-7H2,1-2H3. The molecule has 0 N–H and O–H groups in total. The predicted octanol–water partition coefficient (Wildman–Crippen LogP) is 2.60. The molecule has 1 saturated carbocycles. The van der Waals surface area contributed by atoms with E-state index in [0.717, 1.165) is 18.4 Å². The van der Waals surface area contributed by atoms with Gasteiger partial charge in [-0.05, 0) is 24.7 Å². The Hall–Kier alpha value is -0.0400. The van der Waals surface area contributed by atoms with Gasteiger partial charge in [-0.3, -0.25) is 0 Å². The van der Waals surface area contributed by atoms with Crippen LogP contribution in [-0.4, -0.2) is 12.2 Å². The molecule has 0 aromatic rings. The van der Waals surface area contributed by atoms with Crippen LogP contribution in [0.25, 0.3) is 0 Å². The number of epoxide rings is 1. The van der Waals surface area contributed by atoms with Crippen LogP contribution < -0.4 is 0 Å². The van der Waals surface area contributed by atoms with Gasteiger partial charge < -0.3 is 4.74 Å². The molecule has 0 aromatic carbocycles. The summed E-state index contributed by atoms with van der Waals surface area (Å²) in [6, 6.07) is 0. The van der Waals surface area contributed by atoms with Crippen molar-refractivity contribution in [3.63, 3.8) is 0 Å². The Morgan fingerprint density at radius 1 is 1.36 bits per heavy atom. The zero-order valence-electron chi connectivity index (χ0n) is 7.60. The zero-order valence-corrected chi connectivity index (χ0v) is 7.60. The Morgan fingerprint density at radius 2 is 2.09 bits per heavy atom. The topological polar surface area (TPSA) is 12.5 Å². The maximum Gasteiger partial charge on any atom is 0.0946 e. The molecular weight excluding hydrogens is 136 g/mol. The Kier molecular flexibility index (Phi) is 1.71. The minimum absolute atomic E-state index is 0.367. The van der Waals surface area contributed by atoms with Crippen molar-refractivity contribution < 1.29 is 4.74 Å². The van der Waals surface area contributed by atoms with Crippen LogP contribution in [0.4, 0.5) is 0 Å². The average molecular weight is 154 g/mol. The van der Waals surface area contributed by atoms with Gasteiger partial charge in [0.1, 0.15) is 0 Å². The van der Waals surface area contributed by atoms with Crippen molar-refractivity contribution in [1.29, 1.82) is 0 Å². The first-order chi connectivity index (χ1) is 5.25. The van der Waals surface area contributed by atoms with Crippen LogP contribution >= 0.6 is 0 Å². The molecule has 2 fully saturated rings. The molecule has 1 aliphatic carbocycles. The van der Waals surface area contributed by atoms with Crippen LogP contribution in [0.1, 0.15) is 39.5 Å². The van der Waals surface area contributed by atoms with Crippen molar-refractivity contribution in [2.75, 3.05) is 6.61 Å². The van der Waals surface area contributed by atoms with Crippen molar-refractivity contribution in [1.82, 2.24) is 0 Å². The molecule has 64 valence electrons. The van der Waals surface area contributed by atoms with Crippen LogP contribution in [-0.2, 0) is 4.74 Å². The van der Waals surface area contributed by atoms with Crippen molar-refractivity contribution in [2.45, 2.75) is 45.1 Å². The van der Waals surface area contributed by atoms with Crippen LogP contribution in [0.3, 0.4) is 0 Å². The summed E-state index contributed by atoms with van der Waals surface area (Å²) in [5.41, 5.74) is 0.367. The second-order valence-electron chi connectivity index (χ2n) is 4.45.